The second-order valence-corrected chi connectivity index (χ2v) is 5.52. The highest BCUT2D eigenvalue weighted by Crippen LogP contribution is 2.20. The molecule has 0 aliphatic carbocycles. The Hall–Kier alpha value is -1.17. The minimum absolute atomic E-state index is 0.212. The summed E-state index contributed by atoms with van der Waals surface area (Å²) < 4.78 is 5.01. The molecule has 1 rings (SSSR count). The summed E-state index contributed by atoms with van der Waals surface area (Å²) in [5.74, 6) is 1.01. The van der Waals surface area contributed by atoms with Crippen molar-refractivity contribution < 1.29 is 9.84 Å². The predicted molar refractivity (Wildman–Crippen MR) is 86.7 cm³/mol. The molecule has 5 heteroatoms. The van der Waals surface area contributed by atoms with Gasteiger partial charge in [-0.25, -0.2) is 4.98 Å². The van der Waals surface area contributed by atoms with E-state index < -0.39 is 0 Å². The van der Waals surface area contributed by atoms with Crippen LogP contribution in [0.2, 0.25) is 0 Å². The minimum Gasteiger partial charge on any atom is -0.396 e. The van der Waals surface area contributed by atoms with Crippen LogP contribution in [0.15, 0.2) is 12.3 Å². The molecule has 0 saturated carbocycles. The molecular weight excluding hydrogens is 266 g/mol. The van der Waals surface area contributed by atoms with Crippen molar-refractivity contribution >= 4 is 5.82 Å². The third-order valence-corrected chi connectivity index (χ3v) is 3.37. The first-order valence-corrected chi connectivity index (χ1v) is 7.62. The van der Waals surface area contributed by atoms with Crippen molar-refractivity contribution in [3.8, 4) is 0 Å². The maximum Gasteiger partial charge on any atom is 0.131 e. The third-order valence-electron chi connectivity index (χ3n) is 3.37. The molecule has 1 aromatic heterocycles. The van der Waals surface area contributed by atoms with Gasteiger partial charge >= 0.3 is 0 Å². The molecule has 0 aliphatic heterocycles. The van der Waals surface area contributed by atoms with Crippen LogP contribution >= 0.6 is 0 Å². The van der Waals surface area contributed by atoms with E-state index in [9.17, 15) is 0 Å². The second kappa shape index (κ2) is 9.71. The Morgan fingerprint density at radius 1 is 1.43 bits per heavy atom. The summed E-state index contributed by atoms with van der Waals surface area (Å²) in [5.41, 5.74) is 2.35. The van der Waals surface area contributed by atoms with Crippen LogP contribution in [0.4, 0.5) is 5.82 Å². The molecule has 0 atom stereocenters. The number of rotatable bonds is 10. The number of pyridine rings is 1. The van der Waals surface area contributed by atoms with Crippen LogP contribution < -0.4 is 10.2 Å². The Kier molecular flexibility index (Phi) is 8.27. The maximum absolute atomic E-state index is 9.03. The zero-order valence-corrected chi connectivity index (χ0v) is 13.7. The van der Waals surface area contributed by atoms with E-state index in [1.165, 1.54) is 11.1 Å². The summed E-state index contributed by atoms with van der Waals surface area (Å²) in [5, 5.41) is 12.4. The molecule has 1 heterocycles. The molecule has 0 amide bonds. The van der Waals surface area contributed by atoms with Crippen molar-refractivity contribution in [2.75, 3.05) is 38.3 Å². The van der Waals surface area contributed by atoms with E-state index >= 15 is 0 Å². The van der Waals surface area contributed by atoms with Crippen LogP contribution in [0.25, 0.3) is 0 Å². The van der Waals surface area contributed by atoms with Gasteiger partial charge in [-0.05, 0) is 44.4 Å². The Morgan fingerprint density at radius 2 is 2.19 bits per heavy atom. The van der Waals surface area contributed by atoms with Gasteiger partial charge in [0, 0.05) is 45.6 Å². The van der Waals surface area contributed by atoms with E-state index in [2.05, 4.69) is 42.0 Å². The lowest BCUT2D eigenvalue weighted by molar-refractivity contribution is 0.199. The number of methoxy groups -OCH3 is 1. The molecule has 0 saturated heterocycles. The zero-order valence-electron chi connectivity index (χ0n) is 13.7. The molecule has 0 aromatic carbocycles. The standard InChI is InChI=1S/C16H29N3O2/c1-13(2)19(7-5-8-20)16-14(3)10-15(12-18-16)11-17-6-9-21-4/h10,12-13,17,20H,5-9,11H2,1-4H3. The fraction of sp³-hybridized carbons (Fsp3) is 0.688. The molecule has 5 nitrogen and oxygen atoms in total. The quantitative estimate of drug-likeness (QED) is 0.644. The summed E-state index contributed by atoms with van der Waals surface area (Å²) in [4.78, 5) is 6.87. The first kappa shape index (κ1) is 17.9. The van der Waals surface area contributed by atoms with E-state index in [4.69, 9.17) is 9.84 Å². The summed E-state index contributed by atoms with van der Waals surface area (Å²) in [6, 6.07) is 2.55. The molecule has 0 bridgehead atoms. The number of ether oxygens (including phenoxy) is 1. The van der Waals surface area contributed by atoms with Gasteiger partial charge < -0.3 is 20.1 Å². The minimum atomic E-state index is 0.212. The average molecular weight is 295 g/mol. The number of aryl methyl sites for hydroxylation is 1. The Labute approximate surface area is 128 Å². The van der Waals surface area contributed by atoms with Crippen LogP contribution in [0.1, 0.15) is 31.4 Å². The first-order valence-electron chi connectivity index (χ1n) is 7.62. The third kappa shape index (κ3) is 5.99. The number of hydrogen-bond donors (Lipinski definition) is 2. The van der Waals surface area contributed by atoms with Crippen molar-refractivity contribution in [2.24, 2.45) is 0 Å². The molecule has 0 spiro atoms. The molecule has 0 aliphatic rings. The maximum atomic E-state index is 9.03. The van der Waals surface area contributed by atoms with Crippen molar-refractivity contribution in [2.45, 2.75) is 39.8 Å². The number of aromatic nitrogens is 1. The van der Waals surface area contributed by atoms with E-state index in [1.54, 1.807) is 7.11 Å². The Morgan fingerprint density at radius 3 is 2.76 bits per heavy atom. The van der Waals surface area contributed by atoms with Crippen LogP contribution in [0.5, 0.6) is 0 Å². The van der Waals surface area contributed by atoms with Crippen LogP contribution in [0, 0.1) is 6.92 Å². The SMILES string of the molecule is COCCNCc1cnc(N(CCCO)C(C)C)c(C)c1. The second-order valence-electron chi connectivity index (χ2n) is 5.52. The van der Waals surface area contributed by atoms with Crippen molar-refractivity contribution in [3.05, 3.63) is 23.4 Å². The van der Waals surface area contributed by atoms with Gasteiger partial charge in [0.1, 0.15) is 5.82 Å². The molecule has 2 N–H and O–H groups in total. The fourth-order valence-corrected chi connectivity index (χ4v) is 2.28. The zero-order chi connectivity index (χ0) is 15.7. The smallest absolute Gasteiger partial charge is 0.131 e. The summed E-state index contributed by atoms with van der Waals surface area (Å²) in [7, 11) is 1.70. The molecule has 1 aromatic rings. The van der Waals surface area contributed by atoms with E-state index in [1.807, 2.05) is 6.20 Å². The summed E-state index contributed by atoms with van der Waals surface area (Å²) in [6.07, 6.45) is 2.69. The monoisotopic (exact) mass is 295 g/mol. The molecule has 0 radical (unpaired) electrons. The van der Waals surface area contributed by atoms with Crippen LogP contribution in [-0.4, -0.2) is 49.5 Å². The van der Waals surface area contributed by atoms with Gasteiger partial charge in [0.25, 0.3) is 0 Å². The molecule has 0 fully saturated rings. The highest BCUT2D eigenvalue weighted by molar-refractivity contribution is 5.48. The largest absolute Gasteiger partial charge is 0.396 e. The fourth-order valence-electron chi connectivity index (χ4n) is 2.28. The highest BCUT2D eigenvalue weighted by Gasteiger charge is 2.14. The lowest BCUT2D eigenvalue weighted by Gasteiger charge is -2.29. The normalized spacial score (nSPS) is 11.1. The number of aliphatic hydroxyl groups is 1. The topological polar surface area (TPSA) is 57.6 Å². The van der Waals surface area contributed by atoms with Crippen molar-refractivity contribution in [1.29, 1.82) is 0 Å². The van der Waals surface area contributed by atoms with Gasteiger partial charge in [-0.1, -0.05) is 0 Å². The number of nitrogens with one attached hydrogen (secondary N) is 1. The van der Waals surface area contributed by atoms with Gasteiger partial charge in [0.15, 0.2) is 0 Å². The number of aliphatic hydroxyl groups excluding tert-OH is 1. The van der Waals surface area contributed by atoms with Crippen LogP contribution in [0.3, 0.4) is 0 Å². The van der Waals surface area contributed by atoms with Gasteiger partial charge in [-0.3, -0.25) is 0 Å². The number of anilines is 1. The Balaban J connectivity index is 2.70. The lowest BCUT2D eigenvalue weighted by atomic mass is 10.1. The summed E-state index contributed by atoms with van der Waals surface area (Å²) >= 11 is 0. The van der Waals surface area contributed by atoms with E-state index in [0.717, 1.165) is 31.9 Å². The predicted octanol–water partition coefficient (Wildman–Crippen LogP) is 1.72. The number of nitrogens with zero attached hydrogens (tertiary/aromatic N) is 2. The lowest BCUT2D eigenvalue weighted by Crippen LogP contribution is -2.33. The van der Waals surface area contributed by atoms with E-state index in [0.29, 0.717) is 12.6 Å². The van der Waals surface area contributed by atoms with Gasteiger partial charge in [-0.2, -0.15) is 0 Å². The molecule has 120 valence electrons. The number of hydrogen-bond acceptors (Lipinski definition) is 5. The van der Waals surface area contributed by atoms with E-state index in [-0.39, 0.29) is 6.61 Å². The highest BCUT2D eigenvalue weighted by atomic mass is 16.5. The average Bonchev–Trinajstić information content (AvgIpc) is 2.45. The van der Waals surface area contributed by atoms with Crippen molar-refractivity contribution in [1.82, 2.24) is 10.3 Å². The molecule has 0 unspecified atom stereocenters. The van der Waals surface area contributed by atoms with Gasteiger partial charge in [0.2, 0.25) is 0 Å². The van der Waals surface area contributed by atoms with Gasteiger partial charge in [0.05, 0.1) is 6.61 Å². The first-order chi connectivity index (χ1) is 10.1. The molecule has 21 heavy (non-hydrogen) atoms. The summed E-state index contributed by atoms with van der Waals surface area (Å²) in [6.45, 7) is 9.79. The van der Waals surface area contributed by atoms with Crippen LogP contribution in [-0.2, 0) is 11.3 Å². The van der Waals surface area contributed by atoms with Gasteiger partial charge in [-0.15, -0.1) is 0 Å². The molecular formula is C16H29N3O2. The Bertz CT molecular complexity index is 411. The van der Waals surface area contributed by atoms with Crippen molar-refractivity contribution in [3.63, 3.8) is 0 Å².